The van der Waals surface area contributed by atoms with E-state index < -0.39 is 5.72 Å². The summed E-state index contributed by atoms with van der Waals surface area (Å²) < 4.78 is 8.96. The van der Waals surface area contributed by atoms with E-state index in [0.717, 1.165) is 59.3 Å². The second-order valence-electron chi connectivity index (χ2n) is 9.11. The van der Waals surface area contributed by atoms with Crippen LogP contribution in [0, 0.1) is 0 Å². The normalized spacial score (nSPS) is 21.3. The monoisotopic (exact) mass is 565 g/mol. The molecule has 1 fully saturated rings. The molecule has 3 heterocycles. The maximum absolute atomic E-state index is 6.80. The van der Waals surface area contributed by atoms with Crippen molar-refractivity contribution in [3.8, 4) is 5.75 Å². The highest BCUT2D eigenvalue weighted by atomic mass is 79.9. The van der Waals surface area contributed by atoms with E-state index in [1.807, 2.05) is 0 Å². The molecule has 4 nitrogen and oxygen atoms in total. The largest absolute Gasteiger partial charge is 0.466 e. The van der Waals surface area contributed by atoms with Crippen molar-refractivity contribution < 1.29 is 4.74 Å². The summed E-state index contributed by atoms with van der Waals surface area (Å²) in [6.45, 7) is 2.97. The van der Waals surface area contributed by atoms with Crippen molar-refractivity contribution in [2.75, 3.05) is 13.1 Å². The number of hydrogen-bond acceptors (Lipinski definition) is 4. The molecule has 1 spiro atoms. The van der Waals surface area contributed by atoms with E-state index in [9.17, 15) is 0 Å². The summed E-state index contributed by atoms with van der Waals surface area (Å²) in [5.74, 6) is 1.00. The van der Waals surface area contributed by atoms with Crippen LogP contribution in [0.2, 0.25) is 0 Å². The quantitative estimate of drug-likeness (QED) is 0.351. The highest BCUT2D eigenvalue weighted by Gasteiger charge is 2.51. The zero-order valence-electron chi connectivity index (χ0n) is 18.3. The fourth-order valence-corrected chi connectivity index (χ4v) is 5.95. The first-order valence-electron chi connectivity index (χ1n) is 11.5. The van der Waals surface area contributed by atoms with Gasteiger partial charge in [-0.05, 0) is 41.5 Å². The number of ether oxygens (including phenoxy) is 1. The van der Waals surface area contributed by atoms with Gasteiger partial charge in [-0.2, -0.15) is 5.10 Å². The fourth-order valence-electron chi connectivity index (χ4n) is 5.30. The van der Waals surface area contributed by atoms with Gasteiger partial charge in [0.15, 0.2) is 0 Å². The van der Waals surface area contributed by atoms with Crippen LogP contribution >= 0.6 is 31.9 Å². The lowest BCUT2D eigenvalue weighted by Gasteiger charge is -2.51. The van der Waals surface area contributed by atoms with Gasteiger partial charge in [-0.15, -0.1) is 0 Å². The Morgan fingerprint density at radius 3 is 2.39 bits per heavy atom. The predicted octanol–water partition coefficient (Wildman–Crippen LogP) is 6.75. The minimum atomic E-state index is -0.393. The van der Waals surface area contributed by atoms with Gasteiger partial charge in [0, 0.05) is 53.4 Å². The lowest BCUT2D eigenvalue weighted by atomic mass is 9.90. The Hall–Kier alpha value is -2.15. The van der Waals surface area contributed by atoms with Gasteiger partial charge in [-0.3, -0.25) is 4.90 Å². The molecule has 1 atom stereocenters. The van der Waals surface area contributed by atoms with Crippen molar-refractivity contribution >= 4 is 37.6 Å². The van der Waals surface area contributed by atoms with Gasteiger partial charge in [0.05, 0.1) is 11.8 Å². The summed E-state index contributed by atoms with van der Waals surface area (Å²) in [5.41, 5.74) is 4.51. The second-order valence-corrected chi connectivity index (χ2v) is 10.9. The molecule has 1 saturated heterocycles. The number of hydrogen-bond donors (Lipinski definition) is 0. The van der Waals surface area contributed by atoms with Crippen LogP contribution in [0.3, 0.4) is 0 Å². The molecule has 0 aliphatic carbocycles. The van der Waals surface area contributed by atoms with Gasteiger partial charge >= 0.3 is 0 Å². The molecule has 0 radical (unpaired) electrons. The highest BCUT2D eigenvalue weighted by Crippen LogP contribution is 2.50. The van der Waals surface area contributed by atoms with Crippen molar-refractivity contribution in [1.29, 1.82) is 0 Å². The van der Waals surface area contributed by atoms with E-state index in [1.165, 1.54) is 16.7 Å². The van der Waals surface area contributed by atoms with E-state index in [1.54, 1.807) is 0 Å². The number of hydrazone groups is 1. The van der Waals surface area contributed by atoms with Gasteiger partial charge in [0.2, 0.25) is 5.72 Å². The third-order valence-electron chi connectivity index (χ3n) is 7.02. The molecule has 3 aromatic carbocycles. The first kappa shape index (κ1) is 21.4. The predicted molar refractivity (Wildman–Crippen MR) is 138 cm³/mol. The molecule has 3 aliphatic rings. The number of likely N-dealkylation sites (tertiary alicyclic amines) is 1. The van der Waals surface area contributed by atoms with E-state index in [-0.39, 0.29) is 6.04 Å². The maximum Gasteiger partial charge on any atom is 0.200 e. The van der Waals surface area contributed by atoms with Crippen LogP contribution in [-0.4, -0.2) is 34.4 Å². The van der Waals surface area contributed by atoms with Gasteiger partial charge in [-0.1, -0.05) is 74.3 Å². The molecule has 0 N–H and O–H groups in total. The van der Waals surface area contributed by atoms with Crippen LogP contribution in [0.15, 0.2) is 86.8 Å². The van der Waals surface area contributed by atoms with Crippen LogP contribution in [0.5, 0.6) is 5.75 Å². The summed E-state index contributed by atoms with van der Waals surface area (Å²) in [6.07, 6.45) is 2.76. The number of halogens is 2. The number of benzene rings is 3. The Bertz CT molecular complexity index is 1190. The standard InChI is InChI=1S/C27H25Br2N3O/c28-21-8-6-20(7-9-21)24-17-25-23-16-22(29)10-11-26(23)33-27(32(25)30-24)12-14-31(15-13-27)18-19-4-2-1-3-5-19/h1-11,16,25H,12-15,17-18H2. The molecule has 168 valence electrons. The lowest BCUT2D eigenvalue weighted by Crippen LogP contribution is -2.59. The van der Waals surface area contributed by atoms with E-state index in [2.05, 4.69) is 115 Å². The number of fused-ring (bicyclic) bond motifs is 4. The third-order valence-corrected chi connectivity index (χ3v) is 8.04. The van der Waals surface area contributed by atoms with Crippen molar-refractivity contribution in [2.24, 2.45) is 5.10 Å². The Labute approximate surface area is 211 Å². The third kappa shape index (κ3) is 4.02. The smallest absolute Gasteiger partial charge is 0.200 e. The average Bonchev–Trinajstić information content (AvgIpc) is 3.29. The van der Waals surface area contributed by atoms with Crippen LogP contribution in [0.1, 0.15) is 42.0 Å². The van der Waals surface area contributed by atoms with Gasteiger partial charge < -0.3 is 4.74 Å². The molecule has 3 aromatic rings. The van der Waals surface area contributed by atoms with E-state index in [4.69, 9.17) is 9.84 Å². The van der Waals surface area contributed by atoms with Crippen molar-refractivity contribution in [3.63, 3.8) is 0 Å². The van der Waals surface area contributed by atoms with E-state index >= 15 is 0 Å². The first-order valence-corrected chi connectivity index (χ1v) is 13.1. The first-order chi connectivity index (χ1) is 16.1. The van der Waals surface area contributed by atoms with Crippen LogP contribution in [0.4, 0.5) is 0 Å². The number of piperidine rings is 1. The SMILES string of the molecule is Brc1ccc(C2=NN3C(C2)c2cc(Br)ccc2OC32CCN(Cc3ccccc3)CC2)cc1. The number of rotatable bonds is 3. The fraction of sp³-hybridized carbons (Fsp3) is 0.296. The van der Waals surface area contributed by atoms with Crippen molar-refractivity contribution in [2.45, 2.75) is 37.6 Å². The Morgan fingerprint density at radius 1 is 0.909 bits per heavy atom. The molecule has 0 aromatic heterocycles. The average molecular weight is 567 g/mol. The van der Waals surface area contributed by atoms with Crippen LogP contribution in [-0.2, 0) is 6.54 Å². The zero-order valence-corrected chi connectivity index (χ0v) is 21.4. The molecular formula is C27H25Br2N3O. The van der Waals surface area contributed by atoms with Crippen molar-refractivity contribution in [3.05, 3.63) is 98.4 Å². The molecule has 0 bridgehead atoms. The molecular weight excluding hydrogens is 542 g/mol. The molecule has 6 heteroatoms. The topological polar surface area (TPSA) is 28.1 Å². The summed E-state index contributed by atoms with van der Waals surface area (Å²) >= 11 is 7.21. The summed E-state index contributed by atoms with van der Waals surface area (Å²) in [7, 11) is 0. The summed E-state index contributed by atoms with van der Waals surface area (Å²) in [5, 5.41) is 7.49. The maximum atomic E-state index is 6.80. The molecule has 0 amide bonds. The summed E-state index contributed by atoms with van der Waals surface area (Å²) in [6, 6.07) is 25.8. The molecule has 6 rings (SSSR count). The Kier molecular flexibility index (Phi) is 5.55. The van der Waals surface area contributed by atoms with Gasteiger partial charge in [0.1, 0.15) is 5.75 Å². The van der Waals surface area contributed by atoms with Crippen molar-refractivity contribution in [1.82, 2.24) is 9.91 Å². The minimum Gasteiger partial charge on any atom is -0.466 e. The van der Waals surface area contributed by atoms with Gasteiger partial charge in [0.25, 0.3) is 0 Å². The molecule has 33 heavy (non-hydrogen) atoms. The van der Waals surface area contributed by atoms with Crippen LogP contribution in [0.25, 0.3) is 0 Å². The zero-order chi connectivity index (χ0) is 22.4. The van der Waals surface area contributed by atoms with Gasteiger partial charge in [-0.25, -0.2) is 5.01 Å². The Morgan fingerprint density at radius 2 is 1.64 bits per heavy atom. The minimum absolute atomic E-state index is 0.200. The molecule has 0 saturated carbocycles. The molecule has 1 unspecified atom stereocenters. The van der Waals surface area contributed by atoms with Crippen LogP contribution < -0.4 is 4.74 Å². The van der Waals surface area contributed by atoms with E-state index in [0.29, 0.717) is 0 Å². The number of nitrogens with zero attached hydrogens (tertiary/aromatic N) is 3. The second kappa shape index (κ2) is 8.57. The molecule has 3 aliphatic heterocycles. The lowest BCUT2D eigenvalue weighted by molar-refractivity contribution is -0.150. The summed E-state index contributed by atoms with van der Waals surface area (Å²) in [4.78, 5) is 2.53. The Balaban J connectivity index is 1.31. The highest BCUT2D eigenvalue weighted by molar-refractivity contribution is 9.10.